The number of nitrogen functional groups attached to an aromatic ring is 1. The molecule has 0 radical (unpaired) electrons. The van der Waals surface area contributed by atoms with Crippen molar-refractivity contribution in [3.05, 3.63) is 11.4 Å². The third kappa shape index (κ3) is 1.07. The predicted molar refractivity (Wildman–Crippen MR) is 36.9 cm³/mol. The van der Waals surface area contributed by atoms with Gasteiger partial charge in [0, 0.05) is 0 Å². The minimum atomic E-state index is -1.36. The third-order valence-corrected chi connectivity index (χ3v) is 1.22. The molecule has 0 unspecified atom stereocenters. The number of aromatic amines is 1. The van der Waals surface area contributed by atoms with Crippen LogP contribution >= 0.6 is 0 Å². The number of aromatic carboxylic acids is 2. The van der Waals surface area contributed by atoms with E-state index in [1.807, 2.05) is 5.10 Å². The van der Waals surface area contributed by atoms with E-state index in [1.165, 1.54) is 0 Å². The summed E-state index contributed by atoms with van der Waals surface area (Å²) in [7, 11) is 0. The second-order valence-electron chi connectivity index (χ2n) is 1.97. The number of carboxylic acids is 2. The van der Waals surface area contributed by atoms with E-state index in [0.717, 1.165) is 0 Å². The lowest BCUT2D eigenvalue weighted by molar-refractivity contribution is 0.0683. The van der Waals surface area contributed by atoms with Crippen molar-refractivity contribution in [1.29, 1.82) is 0 Å². The molecule has 0 aliphatic rings. The number of nitrogens with zero attached hydrogens (tertiary/aromatic N) is 1. The molecule has 64 valence electrons. The zero-order valence-corrected chi connectivity index (χ0v) is 5.74. The summed E-state index contributed by atoms with van der Waals surface area (Å²) in [6.45, 7) is 0. The van der Waals surface area contributed by atoms with Gasteiger partial charge in [0.05, 0.1) is 5.69 Å². The Morgan fingerprint density at radius 3 is 2.17 bits per heavy atom. The monoisotopic (exact) mass is 171 g/mol. The zero-order chi connectivity index (χ0) is 9.30. The van der Waals surface area contributed by atoms with Crippen LogP contribution in [0.1, 0.15) is 21.0 Å². The van der Waals surface area contributed by atoms with E-state index in [-0.39, 0.29) is 5.69 Å². The van der Waals surface area contributed by atoms with Crippen molar-refractivity contribution >= 4 is 17.6 Å². The molecule has 1 aromatic rings. The van der Waals surface area contributed by atoms with Crippen molar-refractivity contribution in [2.24, 2.45) is 0 Å². The minimum absolute atomic E-state index is 0.366. The number of anilines is 1. The van der Waals surface area contributed by atoms with Gasteiger partial charge in [-0.05, 0) is 0 Å². The Balaban J connectivity index is 3.22. The van der Waals surface area contributed by atoms with Crippen molar-refractivity contribution < 1.29 is 19.8 Å². The van der Waals surface area contributed by atoms with Crippen LogP contribution in [0.4, 0.5) is 5.69 Å². The number of carboxylic acid groups (broad SMARTS) is 2. The molecule has 0 atom stereocenters. The standard InChI is InChI=1S/C5H5N3O4/c6-1-2(4(9)10)7-8-3(1)5(11)12/h6H2,(H,7,8)(H,9,10)(H,11,12). The van der Waals surface area contributed by atoms with Crippen LogP contribution in [0.5, 0.6) is 0 Å². The number of H-pyrrole nitrogens is 1. The van der Waals surface area contributed by atoms with Crippen LogP contribution in [-0.2, 0) is 0 Å². The molecule has 0 saturated heterocycles. The van der Waals surface area contributed by atoms with Gasteiger partial charge in [-0.15, -0.1) is 0 Å². The maximum atomic E-state index is 10.3. The molecule has 0 aromatic carbocycles. The fraction of sp³-hybridized carbons (Fsp3) is 0. The van der Waals surface area contributed by atoms with Crippen molar-refractivity contribution in [3.8, 4) is 0 Å². The second-order valence-corrected chi connectivity index (χ2v) is 1.97. The summed E-state index contributed by atoms with van der Waals surface area (Å²) in [6.07, 6.45) is 0. The van der Waals surface area contributed by atoms with Gasteiger partial charge in [-0.2, -0.15) is 5.10 Å². The van der Waals surface area contributed by atoms with Crippen LogP contribution in [0.3, 0.4) is 0 Å². The molecule has 0 amide bonds. The fourth-order valence-corrected chi connectivity index (χ4v) is 0.677. The molecule has 0 aliphatic carbocycles. The van der Waals surface area contributed by atoms with E-state index in [0.29, 0.717) is 0 Å². The number of hydrogen-bond donors (Lipinski definition) is 4. The Hall–Kier alpha value is -2.05. The molecule has 1 rings (SSSR count). The summed E-state index contributed by atoms with van der Waals surface area (Å²) < 4.78 is 0. The number of nitrogens with two attached hydrogens (primary N) is 1. The molecule has 5 N–H and O–H groups in total. The van der Waals surface area contributed by atoms with Gasteiger partial charge in [0.25, 0.3) is 0 Å². The Labute approximate surface area is 65.8 Å². The average molecular weight is 171 g/mol. The first-order chi connectivity index (χ1) is 5.54. The lowest BCUT2D eigenvalue weighted by Crippen LogP contribution is -2.04. The lowest BCUT2D eigenvalue weighted by atomic mass is 10.3. The molecule has 0 fully saturated rings. The van der Waals surface area contributed by atoms with Gasteiger partial charge in [-0.25, -0.2) is 9.59 Å². The first kappa shape index (κ1) is 8.05. The molecule has 0 bridgehead atoms. The summed E-state index contributed by atoms with van der Waals surface area (Å²) in [4.78, 5) is 20.6. The molecule has 7 nitrogen and oxygen atoms in total. The quantitative estimate of drug-likeness (QED) is 0.469. The first-order valence-corrected chi connectivity index (χ1v) is 2.84. The van der Waals surface area contributed by atoms with Crippen LogP contribution in [0.2, 0.25) is 0 Å². The maximum absolute atomic E-state index is 10.3. The third-order valence-electron chi connectivity index (χ3n) is 1.22. The molecule has 1 heterocycles. The summed E-state index contributed by atoms with van der Waals surface area (Å²) in [5.74, 6) is -2.70. The van der Waals surface area contributed by atoms with Crippen LogP contribution in [0.25, 0.3) is 0 Å². The van der Waals surface area contributed by atoms with Gasteiger partial charge in [-0.1, -0.05) is 0 Å². The highest BCUT2D eigenvalue weighted by molar-refractivity contribution is 5.99. The summed E-state index contributed by atoms with van der Waals surface area (Å²) in [6, 6.07) is 0. The molecule has 0 aliphatic heterocycles. The highest BCUT2D eigenvalue weighted by atomic mass is 16.4. The number of hydrogen-bond acceptors (Lipinski definition) is 4. The van der Waals surface area contributed by atoms with Crippen LogP contribution in [0.15, 0.2) is 0 Å². The normalized spacial score (nSPS) is 9.67. The van der Waals surface area contributed by atoms with Gasteiger partial charge in [-0.3, -0.25) is 5.10 Å². The Morgan fingerprint density at radius 2 is 1.92 bits per heavy atom. The van der Waals surface area contributed by atoms with Crippen molar-refractivity contribution in [1.82, 2.24) is 10.2 Å². The molecule has 0 spiro atoms. The number of nitrogens with one attached hydrogen (secondary N) is 1. The average Bonchev–Trinajstić information content (AvgIpc) is 2.30. The van der Waals surface area contributed by atoms with E-state index in [9.17, 15) is 9.59 Å². The van der Waals surface area contributed by atoms with Crippen molar-refractivity contribution in [2.75, 3.05) is 5.73 Å². The van der Waals surface area contributed by atoms with Gasteiger partial charge in [0.2, 0.25) is 0 Å². The highest BCUT2D eigenvalue weighted by Crippen LogP contribution is 2.12. The van der Waals surface area contributed by atoms with Crippen molar-refractivity contribution in [2.45, 2.75) is 0 Å². The first-order valence-electron chi connectivity index (χ1n) is 2.84. The van der Waals surface area contributed by atoms with Crippen LogP contribution < -0.4 is 5.73 Å². The topological polar surface area (TPSA) is 129 Å². The Morgan fingerprint density at radius 1 is 1.33 bits per heavy atom. The number of aromatic nitrogens is 2. The van der Waals surface area contributed by atoms with E-state index < -0.39 is 23.3 Å². The zero-order valence-electron chi connectivity index (χ0n) is 5.74. The SMILES string of the molecule is Nc1c(C(=O)O)n[nH]c1C(=O)O. The number of carbonyl (C=O) groups is 2. The Bertz CT molecular complexity index is 311. The van der Waals surface area contributed by atoms with Crippen LogP contribution in [-0.4, -0.2) is 32.3 Å². The molecule has 1 aromatic heterocycles. The van der Waals surface area contributed by atoms with E-state index in [1.54, 1.807) is 0 Å². The minimum Gasteiger partial charge on any atom is -0.476 e. The van der Waals surface area contributed by atoms with Gasteiger partial charge < -0.3 is 15.9 Å². The van der Waals surface area contributed by atoms with E-state index in [2.05, 4.69) is 5.10 Å². The summed E-state index contributed by atoms with van der Waals surface area (Å²) in [5, 5.41) is 22.0. The van der Waals surface area contributed by atoms with Gasteiger partial charge in [0.15, 0.2) is 11.4 Å². The van der Waals surface area contributed by atoms with Gasteiger partial charge in [0.1, 0.15) is 0 Å². The Kier molecular flexibility index (Phi) is 1.70. The van der Waals surface area contributed by atoms with Gasteiger partial charge >= 0.3 is 11.9 Å². The molecule has 7 heteroatoms. The number of rotatable bonds is 2. The predicted octanol–water partition coefficient (Wildman–Crippen LogP) is -0.612. The molecule has 0 saturated carbocycles. The van der Waals surface area contributed by atoms with Crippen LogP contribution in [0, 0.1) is 0 Å². The highest BCUT2D eigenvalue weighted by Gasteiger charge is 2.19. The van der Waals surface area contributed by atoms with Crippen molar-refractivity contribution in [3.63, 3.8) is 0 Å². The fourth-order valence-electron chi connectivity index (χ4n) is 0.677. The maximum Gasteiger partial charge on any atom is 0.358 e. The van der Waals surface area contributed by atoms with E-state index in [4.69, 9.17) is 15.9 Å². The summed E-state index contributed by atoms with van der Waals surface area (Å²) >= 11 is 0. The lowest BCUT2D eigenvalue weighted by Gasteiger charge is -1.89. The molecule has 12 heavy (non-hydrogen) atoms. The smallest absolute Gasteiger partial charge is 0.358 e. The second kappa shape index (κ2) is 2.53. The van der Waals surface area contributed by atoms with E-state index >= 15 is 0 Å². The molecular weight excluding hydrogens is 166 g/mol. The largest absolute Gasteiger partial charge is 0.476 e. The molecular formula is C5H5N3O4. The summed E-state index contributed by atoms with van der Waals surface area (Å²) in [5.41, 5.74) is 3.89.